The molecule has 0 spiro atoms. The fourth-order valence-electron chi connectivity index (χ4n) is 1.97. The van der Waals surface area contributed by atoms with Crippen molar-refractivity contribution in [3.05, 3.63) is 29.8 Å². The van der Waals surface area contributed by atoms with Gasteiger partial charge in [0.15, 0.2) is 0 Å². The lowest BCUT2D eigenvalue weighted by Gasteiger charge is -2.33. The van der Waals surface area contributed by atoms with E-state index in [0.717, 1.165) is 0 Å². The van der Waals surface area contributed by atoms with E-state index in [9.17, 15) is 18.0 Å². The summed E-state index contributed by atoms with van der Waals surface area (Å²) >= 11 is 0. The number of halogens is 4. The van der Waals surface area contributed by atoms with Crippen LogP contribution in [0.25, 0.3) is 0 Å². The highest BCUT2D eigenvalue weighted by Crippen LogP contribution is 2.30. The van der Waals surface area contributed by atoms with Crippen LogP contribution in [0.1, 0.15) is 5.56 Å². The van der Waals surface area contributed by atoms with Crippen molar-refractivity contribution < 1.29 is 18.0 Å². The number of amides is 1. The minimum Gasteiger partial charge on any atom is -0.326 e. The fraction of sp³-hybridized carbons (Fsp3) is 0.364. The molecule has 1 atom stereocenters. The summed E-state index contributed by atoms with van der Waals surface area (Å²) in [4.78, 5) is 12.0. The lowest BCUT2D eigenvalue weighted by atomic mass is 9.98. The summed E-state index contributed by atoms with van der Waals surface area (Å²) in [6.45, 7) is -0.102. The zero-order valence-corrected chi connectivity index (χ0v) is 10.1. The molecule has 0 aliphatic carbocycles. The Morgan fingerprint density at radius 2 is 1.94 bits per heavy atom. The molecule has 1 aliphatic heterocycles. The van der Waals surface area contributed by atoms with Crippen LogP contribution in [-0.4, -0.2) is 24.7 Å². The molecule has 1 aromatic carbocycles. The molecule has 2 N–H and O–H groups in total. The van der Waals surface area contributed by atoms with Gasteiger partial charge in [0.25, 0.3) is 0 Å². The normalized spacial score (nSPS) is 18.9. The molecule has 3 nitrogen and oxygen atoms in total. The molecule has 7 heteroatoms. The number of carbonyl (C=O) groups is 1. The van der Waals surface area contributed by atoms with Crippen molar-refractivity contribution in [1.29, 1.82) is 0 Å². The van der Waals surface area contributed by atoms with Gasteiger partial charge in [-0.05, 0) is 18.1 Å². The molecule has 1 aliphatic rings. The molecule has 0 fully saturated rings. The van der Waals surface area contributed by atoms with Gasteiger partial charge in [0.2, 0.25) is 0 Å². The van der Waals surface area contributed by atoms with Gasteiger partial charge < -0.3 is 10.6 Å². The topological polar surface area (TPSA) is 46.3 Å². The third kappa shape index (κ3) is 2.76. The first-order valence-electron chi connectivity index (χ1n) is 5.12. The summed E-state index contributed by atoms with van der Waals surface area (Å²) in [5.41, 5.74) is 6.63. The molecule has 18 heavy (non-hydrogen) atoms. The molecule has 0 radical (unpaired) electrons. The first kappa shape index (κ1) is 14.8. The Bertz CT molecular complexity index is 450. The fourth-order valence-corrected chi connectivity index (χ4v) is 1.97. The highest BCUT2D eigenvalue weighted by Gasteiger charge is 2.44. The van der Waals surface area contributed by atoms with Gasteiger partial charge in [-0.3, -0.25) is 4.79 Å². The van der Waals surface area contributed by atoms with Crippen molar-refractivity contribution in [2.75, 3.05) is 11.4 Å². The van der Waals surface area contributed by atoms with E-state index < -0.39 is 18.1 Å². The van der Waals surface area contributed by atoms with E-state index in [1.807, 2.05) is 0 Å². The van der Waals surface area contributed by atoms with Crippen LogP contribution >= 0.6 is 12.4 Å². The molecular weight excluding hydrogens is 269 g/mol. The van der Waals surface area contributed by atoms with Crippen molar-refractivity contribution in [2.45, 2.75) is 18.6 Å². The first-order chi connectivity index (χ1) is 7.89. The minimum absolute atomic E-state index is 0. The van der Waals surface area contributed by atoms with E-state index in [0.29, 0.717) is 22.6 Å². The van der Waals surface area contributed by atoms with Gasteiger partial charge in [0.05, 0.1) is 0 Å². The van der Waals surface area contributed by atoms with Crippen LogP contribution in [0.2, 0.25) is 0 Å². The van der Waals surface area contributed by atoms with Gasteiger partial charge in [-0.1, -0.05) is 18.2 Å². The van der Waals surface area contributed by atoms with Crippen LogP contribution in [0.15, 0.2) is 24.3 Å². The number of rotatable bonds is 0. The summed E-state index contributed by atoms with van der Waals surface area (Å²) in [6, 6.07) is 6.05. The quantitative estimate of drug-likeness (QED) is 0.789. The predicted molar refractivity (Wildman–Crippen MR) is 63.8 cm³/mol. The van der Waals surface area contributed by atoms with Crippen LogP contribution in [-0.2, 0) is 11.2 Å². The number of hydrogen-bond acceptors (Lipinski definition) is 2. The Balaban J connectivity index is 0.00000162. The Labute approximate surface area is 108 Å². The standard InChI is InChI=1S/C11H11F3N2O.ClH/c12-11(13,14)10(17)16-6-8(15)5-7-3-1-2-4-9(7)16;/h1-4,8H,5-6,15H2;1H. The summed E-state index contributed by atoms with van der Waals surface area (Å²) in [6.07, 6.45) is -4.39. The molecule has 1 unspecified atom stereocenters. The van der Waals surface area contributed by atoms with Crippen LogP contribution in [0.3, 0.4) is 0 Å². The number of alkyl halides is 3. The van der Waals surface area contributed by atoms with E-state index >= 15 is 0 Å². The maximum absolute atomic E-state index is 12.4. The Kier molecular flexibility index (Phi) is 4.24. The van der Waals surface area contributed by atoms with Crippen molar-refractivity contribution in [1.82, 2.24) is 0 Å². The molecule has 1 heterocycles. The lowest BCUT2D eigenvalue weighted by molar-refractivity contribution is -0.170. The van der Waals surface area contributed by atoms with Gasteiger partial charge in [-0.2, -0.15) is 13.2 Å². The Morgan fingerprint density at radius 3 is 2.56 bits per heavy atom. The maximum Gasteiger partial charge on any atom is 0.471 e. The molecule has 0 bridgehead atoms. The number of nitrogens with zero attached hydrogens (tertiary/aromatic N) is 1. The largest absolute Gasteiger partial charge is 0.471 e. The molecule has 1 aromatic rings. The molecule has 1 amide bonds. The van der Waals surface area contributed by atoms with Crippen molar-refractivity contribution in [3.63, 3.8) is 0 Å². The van der Waals surface area contributed by atoms with Crippen molar-refractivity contribution in [2.24, 2.45) is 5.73 Å². The van der Waals surface area contributed by atoms with Gasteiger partial charge in [0.1, 0.15) is 0 Å². The van der Waals surface area contributed by atoms with E-state index in [2.05, 4.69) is 0 Å². The molecule has 0 saturated carbocycles. The third-order valence-electron chi connectivity index (χ3n) is 2.67. The summed E-state index contributed by atoms with van der Waals surface area (Å²) in [7, 11) is 0. The monoisotopic (exact) mass is 280 g/mol. The SMILES string of the molecule is Cl.NC1Cc2ccccc2N(C(=O)C(F)(F)F)C1. The number of benzene rings is 1. The summed E-state index contributed by atoms with van der Waals surface area (Å²) in [5, 5.41) is 0. The predicted octanol–water partition coefficient (Wildman–Crippen LogP) is 1.89. The zero-order chi connectivity index (χ0) is 12.6. The van der Waals surface area contributed by atoms with Crippen LogP contribution in [0.4, 0.5) is 18.9 Å². The number of anilines is 1. The number of para-hydroxylation sites is 1. The number of hydrogen-bond donors (Lipinski definition) is 1. The smallest absolute Gasteiger partial charge is 0.326 e. The Morgan fingerprint density at radius 1 is 1.33 bits per heavy atom. The van der Waals surface area contributed by atoms with Gasteiger partial charge in [0, 0.05) is 18.3 Å². The van der Waals surface area contributed by atoms with E-state index in [1.165, 1.54) is 6.07 Å². The van der Waals surface area contributed by atoms with Gasteiger partial charge >= 0.3 is 12.1 Å². The zero-order valence-electron chi connectivity index (χ0n) is 9.28. The highest BCUT2D eigenvalue weighted by molar-refractivity contribution is 5.98. The average molecular weight is 281 g/mol. The second-order valence-corrected chi connectivity index (χ2v) is 4.01. The molecule has 100 valence electrons. The Hall–Kier alpha value is -1.27. The summed E-state index contributed by atoms with van der Waals surface area (Å²) < 4.78 is 37.3. The molecule has 0 saturated heterocycles. The van der Waals surface area contributed by atoms with Gasteiger partial charge in [-0.25, -0.2) is 0 Å². The van der Waals surface area contributed by atoms with E-state index in [4.69, 9.17) is 5.73 Å². The van der Waals surface area contributed by atoms with Crippen LogP contribution in [0.5, 0.6) is 0 Å². The van der Waals surface area contributed by atoms with Crippen molar-refractivity contribution >= 4 is 24.0 Å². The van der Waals surface area contributed by atoms with Crippen LogP contribution in [0, 0.1) is 0 Å². The lowest BCUT2D eigenvalue weighted by Crippen LogP contribution is -2.50. The maximum atomic E-state index is 12.4. The summed E-state index contributed by atoms with van der Waals surface area (Å²) in [5.74, 6) is -1.86. The molecule has 2 rings (SSSR count). The molecule has 0 aromatic heterocycles. The average Bonchev–Trinajstić information content (AvgIpc) is 2.25. The highest BCUT2D eigenvalue weighted by atomic mass is 35.5. The second kappa shape index (κ2) is 5.16. The van der Waals surface area contributed by atoms with E-state index in [-0.39, 0.29) is 19.0 Å². The number of nitrogens with two attached hydrogens (primary N) is 1. The van der Waals surface area contributed by atoms with Gasteiger partial charge in [-0.15, -0.1) is 12.4 Å². The van der Waals surface area contributed by atoms with Crippen molar-refractivity contribution in [3.8, 4) is 0 Å². The minimum atomic E-state index is -4.87. The van der Waals surface area contributed by atoms with Crippen LogP contribution < -0.4 is 10.6 Å². The number of fused-ring (bicyclic) bond motifs is 1. The molecular formula is C11H12ClF3N2O. The third-order valence-corrected chi connectivity index (χ3v) is 2.67. The first-order valence-corrected chi connectivity index (χ1v) is 5.12. The second-order valence-electron chi connectivity index (χ2n) is 4.01. The van der Waals surface area contributed by atoms with E-state index in [1.54, 1.807) is 18.2 Å². The number of carbonyl (C=O) groups excluding carboxylic acids is 1.